The molecule has 4 rings (SSSR count). The fourth-order valence-corrected chi connectivity index (χ4v) is 4.78. The molecular weight excluding hydrogens is 480 g/mol. The molecule has 1 aliphatic heterocycles. The maximum atomic E-state index is 12.6. The number of hydrogen-bond acceptors (Lipinski definition) is 8. The third-order valence-electron chi connectivity index (χ3n) is 5.68. The Morgan fingerprint density at radius 2 is 1.97 bits per heavy atom. The Labute approximate surface area is 211 Å². The number of carbonyl (C=O) groups is 1. The van der Waals surface area contributed by atoms with Gasteiger partial charge in [0.2, 0.25) is 10.0 Å². The highest BCUT2D eigenvalue weighted by Crippen LogP contribution is 2.34. The number of piperidine rings is 1. The summed E-state index contributed by atoms with van der Waals surface area (Å²) in [5.41, 5.74) is 2.52. The van der Waals surface area contributed by atoms with Crippen LogP contribution in [0, 0.1) is 6.92 Å². The van der Waals surface area contributed by atoms with E-state index in [-0.39, 0.29) is 12.1 Å². The molecule has 0 unspecified atom stereocenters. The number of fused-ring (bicyclic) bond motifs is 1. The van der Waals surface area contributed by atoms with E-state index in [1.807, 2.05) is 45.9 Å². The molecule has 1 saturated heterocycles. The van der Waals surface area contributed by atoms with Crippen LogP contribution in [-0.4, -0.2) is 65.6 Å². The van der Waals surface area contributed by atoms with Gasteiger partial charge in [0.05, 0.1) is 11.9 Å². The van der Waals surface area contributed by atoms with Crippen molar-refractivity contribution in [2.24, 2.45) is 0 Å². The van der Waals surface area contributed by atoms with Gasteiger partial charge in [0, 0.05) is 36.3 Å². The van der Waals surface area contributed by atoms with Crippen molar-refractivity contribution < 1.29 is 17.9 Å². The summed E-state index contributed by atoms with van der Waals surface area (Å²) in [4.78, 5) is 18.8. The quantitative estimate of drug-likeness (QED) is 0.521. The summed E-state index contributed by atoms with van der Waals surface area (Å²) in [6, 6.07) is 9.13. The first kappa shape index (κ1) is 25.6. The Kier molecular flexibility index (Phi) is 7.03. The third-order valence-corrected chi connectivity index (χ3v) is 6.27. The maximum absolute atomic E-state index is 12.6. The highest BCUT2D eigenvalue weighted by Gasteiger charge is 2.28. The number of carbonyl (C=O) groups excluding carboxylic acids is 1. The molecule has 0 spiro atoms. The van der Waals surface area contributed by atoms with Crippen molar-refractivity contribution in [3.63, 3.8) is 0 Å². The fourth-order valence-electron chi connectivity index (χ4n) is 4.21. The lowest BCUT2D eigenvalue weighted by atomic mass is 10.0. The fraction of sp³-hybridized carbons (Fsp3) is 0.440. The topological polar surface area (TPSA) is 126 Å². The molecule has 1 amide bonds. The van der Waals surface area contributed by atoms with Crippen molar-refractivity contribution >= 4 is 38.5 Å². The van der Waals surface area contributed by atoms with E-state index in [9.17, 15) is 13.2 Å². The minimum Gasteiger partial charge on any atom is -0.444 e. The molecular formula is C25H32N6O4S. The number of aryl methyl sites for hydroxylation is 1. The number of pyridine rings is 1. The lowest BCUT2D eigenvalue weighted by Gasteiger charge is -2.34. The molecule has 0 radical (unpaired) electrons. The van der Waals surface area contributed by atoms with Crippen LogP contribution in [0.5, 0.6) is 0 Å². The van der Waals surface area contributed by atoms with Crippen LogP contribution in [0.25, 0.3) is 22.2 Å². The van der Waals surface area contributed by atoms with Crippen LogP contribution >= 0.6 is 0 Å². The van der Waals surface area contributed by atoms with Gasteiger partial charge in [-0.15, -0.1) is 10.2 Å². The average molecular weight is 513 g/mol. The van der Waals surface area contributed by atoms with E-state index < -0.39 is 15.6 Å². The van der Waals surface area contributed by atoms with Crippen LogP contribution in [-0.2, 0) is 14.8 Å². The van der Waals surface area contributed by atoms with Gasteiger partial charge in [-0.05, 0) is 64.3 Å². The molecule has 1 aromatic carbocycles. The molecule has 1 aliphatic rings. The predicted octanol–water partition coefficient (Wildman–Crippen LogP) is 4.18. The molecule has 0 bridgehead atoms. The molecule has 192 valence electrons. The molecule has 36 heavy (non-hydrogen) atoms. The van der Waals surface area contributed by atoms with E-state index >= 15 is 0 Å². The summed E-state index contributed by atoms with van der Waals surface area (Å²) in [5.74, 6) is 0.509. The minimum absolute atomic E-state index is 0.0431. The van der Waals surface area contributed by atoms with Crippen molar-refractivity contribution in [2.75, 3.05) is 29.4 Å². The van der Waals surface area contributed by atoms with Gasteiger partial charge in [-0.25, -0.2) is 13.2 Å². The van der Waals surface area contributed by atoms with E-state index in [1.54, 1.807) is 23.2 Å². The number of amides is 1. The summed E-state index contributed by atoms with van der Waals surface area (Å²) in [6.07, 6.45) is 4.15. The standard InChI is InChI=1S/C25H32N6O4S/c1-16-10-11-18(20(14-16)30-36(5,33)34)21-19-9-6-12-26-22(19)23(29-28-21)27-17-8-7-13-31(15-17)24(32)35-25(2,3)4/h6,9-12,14,17,30H,7-8,13,15H2,1-5H3,(H,27,29)/t17-/m1/s1. The van der Waals surface area contributed by atoms with Gasteiger partial charge in [0.25, 0.3) is 0 Å². The first-order valence-electron chi connectivity index (χ1n) is 11.8. The van der Waals surface area contributed by atoms with Gasteiger partial charge in [-0.1, -0.05) is 12.1 Å². The summed E-state index contributed by atoms with van der Waals surface area (Å²) in [6.45, 7) is 8.56. The zero-order valence-corrected chi connectivity index (χ0v) is 22.0. The van der Waals surface area contributed by atoms with E-state index in [0.29, 0.717) is 41.4 Å². The number of hydrogen-bond donors (Lipinski definition) is 2. The van der Waals surface area contributed by atoms with Gasteiger partial charge in [-0.3, -0.25) is 9.71 Å². The van der Waals surface area contributed by atoms with Crippen LogP contribution < -0.4 is 10.0 Å². The SMILES string of the molecule is Cc1ccc(-c2nnc(N[C@@H]3CCCN(C(=O)OC(C)(C)C)C3)c3ncccc23)c(NS(C)(=O)=O)c1. The van der Waals surface area contributed by atoms with Crippen LogP contribution in [0.1, 0.15) is 39.2 Å². The summed E-state index contributed by atoms with van der Waals surface area (Å²) in [5, 5.41) is 13.1. The third kappa shape index (κ3) is 6.20. The lowest BCUT2D eigenvalue weighted by molar-refractivity contribution is 0.0206. The summed E-state index contributed by atoms with van der Waals surface area (Å²) < 4.78 is 32.1. The number of likely N-dealkylation sites (tertiary alicyclic amines) is 1. The van der Waals surface area contributed by atoms with Crippen molar-refractivity contribution in [3.05, 3.63) is 42.1 Å². The zero-order valence-electron chi connectivity index (χ0n) is 21.2. The van der Waals surface area contributed by atoms with E-state index in [2.05, 4.69) is 25.2 Å². The van der Waals surface area contributed by atoms with Crippen LogP contribution in [0.4, 0.5) is 16.3 Å². The highest BCUT2D eigenvalue weighted by molar-refractivity contribution is 7.92. The molecule has 11 heteroatoms. The monoisotopic (exact) mass is 512 g/mol. The number of anilines is 2. The number of aromatic nitrogens is 3. The molecule has 1 atom stereocenters. The zero-order chi connectivity index (χ0) is 26.1. The van der Waals surface area contributed by atoms with Gasteiger partial charge in [0.1, 0.15) is 16.8 Å². The number of benzene rings is 1. The number of sulfonamides is 1. The maximum Gasteiger partial charge on any atom is 0.410 e. The first-order valence-corrected chi connectivity index (χ1v) is 13.7. The second-order valence-electron chi connectivity index (χ2n) is 10.1. The number of nitrogens with zero attached hydrogens (tertiary/aromatic N) is 4. The van der Waals surface area contributed by atoms with Gasteiger partial charge >= 0.3 is 6.09 Å². The van der Waals surface area contributed by atoms with E-state index in [0.717, 1.165) is 30.0 Å². The van der Waals surface area contributed by atoms with Crippen LogP contribution in [0.3, 0.4) is 0 Å². The molecule has 3 heterocycles. The molecule has 3 aromatic rings. The Bertz CT molecular complexity index is 1390. The highest BCUT2D eigenvalue weighted by atomic mass is 32.2. The van der Waals surface area contributed by atoms with Crippen molar-refractivity contribution in [1.82, 2.24) is 20.1 Å². The van der Waals surface area contributed by atoms with E-state index in [1.165, 1.54) is 0 Å². The van der Waals surface area contributed by atoms with Crippen LogP contribution in [0.2, 0.25) is 0 Å². The smallest absolute Gasteiger partial charge is 0.410 e. The first-order chi connectivity index (χ1) is 16.9. The Balaban J connectivity index is 1.65. The van der Waals surface area contributed by atoms with Gasteiger partial charge in [-0.2, -0.15) is 0 Å². The van der Waals surface area contributed by atoms with Gasteiger partial charge in [0.15, 0.2) is 5.82 Å². The normalized spacial score (nSPS) is 16.6. The number of nitrogens with one attached hydrogen (secondary N) is 2. The second kappa shape index (κ2) is 9.88. The van der Waals surface area contributed by atoms with Crippen LogP contribution in [0.15, 0.2) is 36.5 Å². The van der Waals surface area contributed by atoms with Crippen molar-refractivity contribution in [2.45, 2.75) is 52.2 Å². The van der Waals surface area contributed by atoms with Crippen molar-refractivity contribution in [3.8, 4) is 11.3 Å². The Morgan fingerprint density at radius 1 is 1.19 bits per heavy atom. The number of ether oxygens (including phenoxy) is 1. The Morgan fingerprint density at radius 3 is 2.69 bits per heavy atom. The Hall–Kier alpha value is -3.47. The molecule has 2 N–H and O–H groups in total. The average Bonchev–Trinajstić information content (AvgIpc) is 2.78. The van der Waals surface area contributed by atoms with Gasteiger partial charge < -0.3 is 15.0 Å². The molecule has 1 fully saturated rings. The van der Waals surface area contributed by atoms with Crippen molar-refractivity contribution in [1.29, 1.82) is 0 Å². The molecule has 0 saturated carbocycles. The summed E-state index contributed by atoms with van der Waals surface area (Å²) in [7, 11) is -3.50. The number of rotatable bonds is 5. The van der Waals surface area contributed by atoms with E-state index in [4.69, 9.17) is 4.74 Å². The molecule has 2 aromatic heterocycles. The minimum atomic E-state index is -3.50. The lowest BCUT2D eigenvalue weighted by Crippen LogP contribution is -2.47. The molecule has 10 nitrogen and oxygen atoms in total. The summed E-state index contributed by atoms with van der Waals surface area (Å²) >= 11 is 0. The largest absolute Gasteiger partial charge is 0.444 e. The second-order valence-corrected chi connectivity index (χ2v) is 11.9. The molecule has 0 aliphatic carbocycles. The predicted molar refractivity (Wildman–Crippen MR) is 140 cm³/mol.